The van der Waals surface area contributed by atoms with Crippen LogP contribution in [0.2, 0.25) is 0 Å². The lowest BCUT2D eigenvalue weighted by Crippen LogP contribution is -2.52. The number of hydrogen-bond acceptors (Lipinski definition) is 2. The van der Waals surface area contributed by atoms with E-state index in [0.717, 1.165) is 44.4 Å². The van der Waals surface area contributed by atoms with Gasteiger partial charge in [0.25, 0.3) is 0 Å². The van der Waals surface area contributed by atoms with E-state index in [0.29, 0.717) is 23.5 Å². The Labute approximate surface area is 151 Å². The second kappa shape index (κ2) is 6.13. The third-order valence-corrected chi connectivity index (χ3v) is 7.98. The molecule has 4 aliphatic rings. The third-order valence-electron chi connectivity index (χ3n) is 7.98. The molecule has 3 saturated carbocycles. The molecule has 0 spiro atoms. The minimum Gasteiger partial charge on any atom is -0.377 e. The first-order chi connectivity index (χ1) is 12.0. The number of carbonyl (C=O) groups excluding carboxylic acids is 1. The lowest BCUT2D eigenvalue weighted by molar-refractivity contribution is -0.116. The average molecular weight is 338 g/mol. The zero-order valence-corrected chi connectivity index (χ0v) is 15.6. The molecular formula is C23H30O2. The van der Waals surface area contributed by atoms with E-state index in [2.05, 4.69) is 18.8 Å². The Bertz CT molecular complexity index is 691. The Kier molecular flexibility index (Phi) is 4.19. The van der Waals surface area contributed by atoms with Gasteiger partial charge in [-0.1, -0.05) is 30.4 Å². The van der Waals surface area contributed by atoms with Gasteiger partial charge in [0.2, 0.25) is 0 Å². The predicted molar refractivity (Wildman–Crippen MR) is 99.6 cm³/mol. The van der Waals surface area contributed by atoms with E-state index in [9.17, 15) is 9.90 Å². The summed E-state index contributed by atoms with van der Waals surface area (Å²) < 4.78 is 0. The fourth-order valence-electron chi connectivity index (χ4n) is 6.65. The third kappa shape index (κ3) is 2.55. The van der Waals surface area contributed by atoms with E-state index < -0.39 is 5.60 Å². The summed E-state index contributed by atoms with van der Waals surface area (Å²) in [4.78, 5) is 11.8. The minimum absolute atomic E-state index is 0.0749. The highest BCUT2D eigenvalue weighted by Gasteiger charge is 2.61. The molecule has 0 saturated heterocycles. The molecule has 0 amide bonds. The molecule has 0 bridgehead atoms. The summed E-state index contributed by atoms with van der Waals surface area (Å²) in [5.74, 6) is 9.25. The van der Waals surface area contributed by atoms with Crippen molar-refractivity contribution >= 4 is 5.78 Å². The molecule has 2 heteroatoms. The summed E-state index contributed by atoms with van der Waals surface area (Å²) in [6.07, 6.45) is 14.0. The van der Waals surface area contributed by atoms with Gasteiger partial charge in [-0.05, 0) is 87.7 Å². The van der Waals surface area contributed by atoms with Gasteiger partial charge in [0.1, 0.15) is 5.60 Å². The molecule has 0 aromatic heterocycles. The topological polar surface area (TPSA) is 37.3 Å². The van der Waals surface area contributed by atoms with Gasteiger partial charge in [0, 0.05) is 11.8 Å². The highest BCUT2D eigenvalue weighted by Crippen LogP contribution is 2.64. The monoisotopic (exact) mass is 338 g/mol. The Balaban J connectivity index is 1.61. The van der Waals surface area contributed by atoms with Crippen LogP contribution in [0.1, 0.15) is 65.2 Å². The van der Waals surface area contributed by atoms with Crippen LogP contribution in [0.4, 0.5) is 0 Å². The van der Waals surface area contributed by atoms with E-state index >= 15 is 0 Å². The van der Waals surface area contributed by atoms with Gasteiger partial charge in [0.05, 0.1) is 0 Å². The largest absolute Gasteiger partial charge is 0.377 e. The molecule has 0 heterocycles. The molecule has 0 aromatic carbocycles. The number of aliphatic hydroxyl groups is 1. The standard InChI is InChI=1S/C23H30O2/c1-3-4-5-12-23(25)14-11-21-20-8-6-16-15-17(24)7-9-18(16)19(20)10-13-22(21,23)2/h3-4,15,18-21,25H,6-11,13-14H2,1-2H3/b4-3+/t18?,19?,20?,21?,22-,23-/m0/s1. The Hall–Kier alpha value is -1.33. The molecule has 2 nitrogen and oxygen atoms in total. The van der Waals surface area contributed by atoms with E-state index in [1.807, 2.05) is 25.2 Å². The van der Waals surface area contributed by atoms with E-state index in [1.54, 1.807) is 0 Å². The Morgan fingerprint density at radius 3 is 2.80 bits per heavy atom. The van der Waals surface area contributed by atoms with Crippen molar-refractivity contribution in [2.75, 3.05) is 0 Å². The van der Waals surface area contributed by atoms with Crippen LogP contribution in [0.15, 0.2) is 23.8 Å². The molecule has 4 rings (SSSR count). The second-order valence-corrected chi connectivity index (χ2v) is 8.93. The summed E-state index contributed by atoms with van der Waals surface area (Å²) >= 11 is 0. The molecule has 0 aromatic rings. The molecule has 6 atom stereocenters. The summed E-state index contributed by atoms with van der Waals surface area (Å²) in [5.41, 5.74) is 0.525. The molecule has 1 N–H and O–H groups in total. The second-order valence-electron chi connectivity index (χ2n) is 8.93. The average Bonchev–Trinajstić information content (AvgIpc) is 2.86. The molecule has 4 unspecified atom stereocenters. The van der Waals surface area contributed by atoms with Crippen LogP contribution < -0.4 is 0 Å². The molecule has 0 aliphatic heterocycles. The molecule has 0 radical (unpaired) electrons. The summed E-state index contributed by atoms with van der Waals surface area (Å²) in [5, 5.41) is 11.4. The van der Waals surface area contributed by atoms with Crippen LogP contribution in [-0.2, 0) is 4.79 Å². The number of ketones is 1. The minimum atomic E-state index is -0.833. The van der Waals surface area contributed by atoms with Crippen molar-refractivity contribution in [1.29, 1.82) is 0 Å². The Morgan fingerprint density at radius 2 is 2.00 bits per heavy atom. The summed E-state index contributed by atoms with van der Waals surface area (Å²) in [7, 11) is 0. The van der Waals surface area contributed by atoms with Crippen molar-refractivity contribution in [3.8, 4) is 11.8 Å². The van der Waals surface area contributed by atoms with Crippen LogP contribution in [0.3, 0.4) is 0 Å². The maximum Gasteiger partial charge on any atom is 0.155 e. The Morgan fingerprint density at radius 1 is 1.16 bits per heavy atom. The van der Waals surface area contributed by atoms with E-state index in [-0.39, 0.29) is 5.41 Å². The van der Waals surface area contributed by atoms with Gasteiger partial charge < -0.3 is 5.11 Å². The number of allylic oxidation sites excluding steroid dienone is 3. The molecule has 134 valence electrons. The number of carbonyl (C=O) groups is 1. The van der Waals surface area contributed by atoms with Crippen LogP contribution in [0, 0.1) is 40.9 Å². The van der Waals surface area contributed by atoms with Crippen LogP contribution in [-0.4, -0.2) is 16.5 Å². The van der Waals surface area contributed by atoms with Gasteiger partial charge in [-0.25, -0.2) is 0 Å². The van der Waals surface area contributed by atoms with Gasteiger partial charge in [-0.15, -0.1) is 0 Å². The molecular weight excluding hydrogens is 308 g/mol. The summed E-state index contributed by atoms with van der Waals surface area (Å²) in [6, 6.07) is 0. The van der Waals surface area contributed by atoms with Gasteiger partial charge in [-0.3, -0.25) is 4.79 Å². The van der Waals surface area contributed by atoms with E-state index in [1.165, 1.54) is 18.4 Å². The van der Waals surface area contributed by atoms with Crippen molar-refractivity contribution in [2.24, 2.45) is 29.1 Å². The predicted octanol–water partition coefficient (Wildman–Crippen LogP) is 4.44. The maximum atomic E-state index is 11.8. The highest BCUT2D eigenvalue weighted by molar-refractivity contribution is 5.91. The van der Waals surface area contributed by atoms with Crippen molar-refractivity contribution in [3.05, 3.63) is 23.8 Å². The smallest absolute Gasteiger partial charge is 0.155 e. The zero-order chi connectivity index (χ0) is 17.7. The lowest BCUT2D eigenvalue weighted by atomic mass is 9.50. The maximum absolute atomic E-state index is 11.8. The number of rotatable bonds is 0. The first-order valence-electron chi connectivity index (χ1n) is 10.1. The SMILES string of the molecule is C/C=C/C#C[C@]1(O)CCC2C3CCC4=CC(=O)CCC4C3CC[C@@]21C. The fourth-order valence-corrected chi connectivity index (χ4v) is 6.65. The van der Waals surface area contributed by atoms with E-state index in [4.69, 9.17) is 0 Å². The van der Waals surface area contributed by atoms with Crippen molar-refractivity contribution in [2.45, 2.75) is 70.8 Å². The van der Waals surface area contributed by atoms with Crippen LogP contribution >= 0.6 is 0 Å². The normalized spacial score (nSPS) is 45.9. The molecule has 25 heavy (non-hydrogen) atoms. The van der Waals surface area contributed by atoms with Gasteiger partial charge in [0.15, 0.2) is 5.78 Å². The quantitative estimate of drug-likeness (QED) is 0.663. The number of hydrogen-bond donors (Lipinski definition) is 1. The summed E-state index contributed by atoms with van der Waals surface area (Å²) in [6.45, 7) is 4.26. The van der Waals surface area contributed by atoms with Crippen molar-refractivity contribution < 1.29 is 9.90 Å². The van der Waals surface area contributed by atoms with Gasteiger partial charge in [-0.2, -0.15) is 0 Å². The number of fused-ring (bicyclic) bond motifs is 5. The van der Waals surface area contributed by atoms with Crippen molar-refractivity contribution in [1.82, 2.24) is 0 Å². The van der Waals surface area contributed by atoms with Crippen LogP contribution in [0.5, 0.6) is 0 Å². The molecule has 4 aliphatic carbocycles. The molecule has 3 fully saturated rings. The van der Waals surface area contributed by atoms with Crippen molar-refractivity contribution in [3.63, 3.8) is 0 Å². The van der Waals surface area contributed by atoms with Crippen LogP contribution in [0.25, 0.3) is 0 Å². The van der Waals surface area contributed by atoms with Gasteiger partial charge >= 0.3 is 0 Å². The zero-order valence-electron chi connectivity index (χ0n) is 15.6. The highest BCUT2D eigenvalue weighted by atomic mass is 16.3. The first kappa shape index (κ1) is 17.1. The first-order valence-corrected chi connectivity index (χ1v) is 10.1. The lowest BCUT2D eigenvalue weighted by Gasteiger charge is -2.54. The fraction of sp³-hybridized carbons (Fsp3) is 0.696.